The molecule has 10 atom stereocenters. The maximum Gasteiger partial charge on any atom is 0.234 e. The lowest BCUT2D eigenvalue weighted by atomic mass is 9.79. The summed E-state index contributed by atoms with van der Waals surface area (Å²) in [5.74, 6) is -1.69. The molecule has 0 aromatic carbocycles. The average Bonchev–Trinajstić information content (AvgIpc) is 2.56. The van der Waals surface area contributed by atoms with Gasteiger partial charge in [0, 0.05) is 0 Å². The van der Waals surface area contributed by atoms with E-state index in [4.69, 9.17) is 14.2 Å². The average molecular weight is 361 g/mol. The smallest absolute Gasteiger partial charge is 0.234 e. The summed E-state index contributed by atoms with van der Waals surface area (Å²) in [4.78, 5) is 0. The summed E-state index contributed by atoms with van der Waals surface area (Å²) >= 11 is 0. The zero-order chi connectivity index (χ0) is 18.4. The van der Waals surface area contributed by atoms with E-state index in [9.17, 15) is 15.3 Å². The molecule has 0 aromatic rings. The lowest BCUT2D eigenvalue weighted by Crippen LogP contribution is -2.79. The Kier molecular flexibility index (Phi) is 5.69. The third kappa shape index (κ3) is 3.11. The minimum absolute atomic E-state index is 0.124. The zero-order valence-electron chi connectivity index (χ0n) is 15.2. The van der Waals surface area contributed by atoms with Crippen LogP contribution >= 0.6 is 0 Å². The van der Waals surface area contributed by atoms with Crippen LogP contribution in [0.25, 0.3) is 0 Å². The van der Waals surface area contributed by atoms with Crippen LogP contribution in [0.5, 0.6) is 0 Å². The van der Waals surface area contributed by atoms with Gasteiger partial charge in [0.1, 0.15) is 18.3 Å². The molecule has 2 aliphatic heterocycles. The molecule has 0 spiro atoms. The minimum Gasteiger partial charge on any atom is -0.390 e. The molecule has 3 rings (SSSR count). The maximum atomic E-state index is 11.2. The molecule has 0 amide bonds. The number of likely N-dealkylation sites (N-methyl/N-ethyl adjacent to an activating group) is 3. The van der Waals surface area contributed by atoms with Crippen LogP contribution in [0.2, 0.25) is 0 Å². The standard InChI is InChI=1S/C16H31N3O6/c1-5-19-8-6-7(2)23-15-16(8,22)25-13-10(18-4)11(20)9(17-3)12(21)14(13)24-15/h7-15,17-22H,5-6H2,1-4H3/t7-,8-,9-,10+,11+,12+,13?,14?,15?,16+/m1/s1. The Balaban J connectivity index is 1.91. The molecular weight excluding hydrogens is 330 g/mol. The van der Waals surface area contributed by atoms with Crippen LogP contribution in [-0.2, 0) is 14.2 Å². The largest absolute Gasteiger partial charge is 0.390 e. The Hall–Kier alpha value is -0.360. The van der Waals surface area contributed by atoms with Crippen molar-refractivity contribution >= 4 is 0 Å². The van der Waals surface area contributed by atoms with Crippen molar-refractivity contribution in [3.05, 3.63) is 0 Å². The highest BCUT2D eigenvalue weighted by molar-refractivity contribution is 5.10. The number of ether oxygens (including phenoxy) is 3. The van der Waals surface area contributed by atoms with Crippen molar-refractivity contribution in [1.29, 1.82) is 0 Å². The lowest BCUT2D eigenvalue weighted by molar-refractivity contribution is -0.449. The van der Waals surface area contributed by atoms with Gasteiger partial charge in [-0.25, -0.2) is 0 Å². The van der Waals surface area contributed by atoms with E-state index in [0.717, 1.165) is 0 Å². The molecule has 3 aliphatic rings. The number of hydrogen-bond acceptors (Lipinski definition) is 9. The van der Waals surface area contributed by atoms with Crippen LogP contribution in [-0.4, -0.2) is 96.7 Å². The molecule has 0 radical (unpaired) electrons. The molecule has 146 valence electrons. The third-order valence-electron chi connectivity index (χ3n) is 5.60. The highest BCUT2D eigenvalue weighted by atomic mass is 16.8. The molecule has 25 heavy (non-hydrogen) atoms. The fraction of sp³-hybridized carbons (Fsp3) is 1.00. The van der Waals surface area contributed by atoms with E-state index in [-0.39, 0.29) is 12.1 Å². The second kappa shape index (κ2) is 7.34. The van der Waals surface area contributed by atoms with Crippen LogP contribution < -0.4 is 16.0 Å². The molecule has 2 heterocycles. The Morgan fingerprint density at radius 1 is 1.04 bits per heavy atom. The van der Waals surface area contributed by atoms with Gasteiger partial charge in [0.25, 0.3) is 0 Å². The summed E-state index contributed by atoms with van der Waals surface area (Å²) in [6, 6.07) is -1.47. The predicted octanol–water partition coefficient (Wildman–Crippen LogP) is -2.52. The van der Waals surface area contributed by atoms with E-state index in [2.05, 4.69) is 16.0 Å². The molecule has 1 aliphatic carbocycles. The Morgan fingerprint density at radius 2 is 1.72 bits per heavy atom. The molecule has 1 saturated carbocycles. The van der Waals surface area contributed by atoms with Gasteiger partial charge in [0.05, 0.1) is 30.3 Å². The van der Waals surface area contributed by atoms with Gasteiger partial charge in [-0.3, -0.25) is 0 Å². The van der Waals surface area contributed by atoms with Gasteiger partial charge in [-0.15, -0.1) is 0 Å². The fourth-order valence-corrected chi connectivity index (χ4v) is 4.33. The first kappa shape index (κ1) is 19.4. The second-order valence-corrected chi connectivity index (χ2v) is 7.17. The molecular formula is C16H31N3O6. The third-order valence-corrected chi connectivity index (χ3v) is 5.60. The summed E-state index contributed by atoms with van der Waals surface area (Å²) < 4.78 is 17.8. The van der Waals surface area contributed by atoms with Crippen molar-refractivity contribution < 1.29 is 29.5 Å². The molecule has 9 nitrogen and oxygen atoms in total. The van der Waals surface area contributed by atoms with Crippen molar-refractivity contribution in [3.63, 3.8) is 0 Å². The second-order valence-electron chi connectivity index (χ2n) is 7.17. The predicted molar refractivity (Wildman–Crippen MR) is 88.8 cm³/mol. The van der Waals surface area contributed by atoms with E-state index in [1.54, 1.807) is 14.1 Å². The van der Waals surface area contributed by atoms with E-state index in [1.165, 1.54) is 0 Å². The Labute approximate surface area is 148 Å². The van der Waals surface area contributed by atoms with E-state index < -0.39 is 48.6 Å². The molecule has 3 unspecified atom stereocenters. The van der Waals surface area contributed by atoms with Crippen molar-refractivity contribution in [3.8, 4) is 0 Å². The summed E-state index contributed by atoms with van der Waals surface area (Å²) in [5, 5.41) is 41.6. The van der Waals surface area contributed by atoms with Crippen molar-refractivity contribution in [2.24, 2.45) is 0 Å². The van der Waals surface area contributed by atoms with Crippen LogP contribution in [0.3, 0.4) is 0 Å². The van der Waals surface area contributed by atoms with Gasteiger partial charge in [-0.2, -0.15) is 0 Å². The first-order chi connectivity index (χ1) is 11.9. The highest BCUT2D eigenvalue weighted by Crippen LogP contribution is 2.41. The summed E-state index contributed by atoms with van der Waals surface area (Å²) in [6.45, 7) is 4.52. The van der Waals surface area contributed by atoms with E-state index in [0.29, 0.717) is 13.0 Å². The Morgan fingerprint density at radius 3 is 2.32 bits per heavy atom. The first-order valence-electron chi connectivity index (χ1n) is 9.02. The zero-order valence-corrected chi connectivity index (χ0v) is 15.2. The van der Waals surface area contributed by atoms with Gasteiger partial charge in [0.15, 0.2) is 0 Å². The minimum atomic E-state index is -1.69. The molecule has 6 N–H and O–H groups in total. The summed E-state index contributed by atoms with van der Waals surface area (Å²) in [5.41, 5.74) is 0. The normalized spacial score (nSPS) is 53.2. The van der Waals surface area contributed by atoms with Crippen molar-refractivity contribution in [1.82, 2.24) is 16.0 Å². The molecule has 0 aromatic heterocycles. The van der Waals surface area contributed by atoms with Gasteiger partial charge >= 0.3 is 0 Å². The number of rotatable bonds is 4. The molecule has 0 bridgehead atoms. The quantitative estimate of drug-likeness (QED) is 0.322. The number of fused-ring (bicyclic) bond motifs is 2. The summed E-state index contributed by atoms with van der Waals surface area (Å²) in [7, 11) is 3.38. The highest BCUT2D eigenvalue weighted by Gasteiger charge is 2.63. The molecule has 2 saturated heterocycles. The number of hydrogen-bond donors (Lipinski definition) is 6. The van der Waals surface area contributed by atoms with Gasteiger partial charge in [-0.05, 0) is 34.0 Å². The molecule has 9 heteroatoms. The van der Waals surface area contributed by atoms with Gasteiger partial charge in [-0.1, -0.05) is 6.92 Å². The van der Waals surface area contributed by atoms with E-state index >= 15 is 0 Å². The van der Waals surface area contributed by atoms with E-state index in [1.807, 2.05) is 13.8 Å². The number of aliphatic hydroxyl groups excluding tert-OH is 2. The van der Waals surface area contributed by atoms with Gasteiger partial charge in [0.2, 0.25) is 12.1 Å². The van der Waals surface area contributed by atoms with Gasteiger partial charge < -0.3 is 45.5 Å². The summed E-state index contributed by atoms with van der Waals surface area (Å²) in [6.07, 6.45) is -3.94. The maximum absolute atomic E-state index is 11.2. The SMILES string of the molecule is CCN[C@@H]1C[C@@H](C)OC2OC3C(O[C@]21O)[C@@H](NC)[C@@H](O)[C@@H](NC)[C@@H]3O. The monoisotopic (exact) mass is 361 g/mol. The van der Waals surface area contributed by atoms with Crippen LogP contribution in [0.1, 0.15) is 20.3 Å². The van der Waals surface area contributed by atoms with Crippen LogP contribution in [0.15, 0.2) is 0 Å². The number of nitrogens with one attached hydrogen (secondary N) is 3. The molecule has 3 fully saturated rings. The number of aliphatic hydroxyl groups is 3. The lowest BCUT2D eigenvalue weighted by Gasteiger charge is -2.58. The van der Waals surface area contributed by atoms with Crippen molar-refractivity contribution in [2.45, 2.75) is 81.0 Å². The van der Waals surface area contributed by atoms with Crippen molar-refractivity contribution in [2.75, 3.05) is 20.6 Å². The van der Waals surface area contributed by atoms with Crippen LogP contribution in [0.4, 0.5) is 0 Å². The Bertz CT molecular complexity index is 471. The van der Waals surface area contributed by atoms with Crippen LogP contribution in [0, 0.1) is 0 Å². The topological polar surface area (TPSA) is 124 Å². The fourth-order valence-electron chi connectivity index (χ4n) is 4.33. The first-order valence-corrected chi connectivity index (χ1v) is 9.02.